The Hall–Kier alpha value is -2.41. The zero-order valence-corrected chi connectivity index (χ0v) is 30.3. The lowest BCUT2D eigenvalue weighted by atomic mass is 9.47. The number of aliphatic hydroxyl groups is 1. The number of nitriles is 1. The van der Waals surface area contributed by atoms with Crippen molar-refractivity contribution in [3.63, 3.8) is 0 Å². The van der Waals surface area contributed by atoms with Gasteiger partial charge in [0.25, 0.3) is 0 Å². The molecule has 0 unspecified atom stereocenters. The van der Waals surface area contributed by atoms with Gasteiger partial charge in [0.1, 0.15) is 5.60 Å². The smallest absolute Gasteiger partial charge is 0.327 e. The van der Waals surface area contributed by atoms with E-state index >= 15 is 0 Å². The Bertz CT molecular complexity index is 1850. The Balaban J connectivity index is 1.93. The van der Waals surface area contributed by atoms with Crippen LogP contribution in [-0.4, -0.2) is 23.5 Å². The molecule has 1 N–H and O–H groups in total. The van der Waals surface area contributed by atoms with Gasteiger partial charge < -0.3 is 9.84 Å². The molecule has 0 radical (unpaired) electrons. The van der Waals surface area contributed by atoms with Gasteiger partial charge in [0, 0.05) is 26.3 Å². The summed E-state index contributed by atoms with van der Waals surface area (Å²) in [6, 6.07) is 25.4. The molecule has 0 saturated heterocycles. The molecule has 1 aliphatic carbocycles. The Kier molecular flexibility index (Phi) is 10.6. The monoisotopic (exact) mass is 821 g/mol. The Morgan fingerprint density at radius 3 is 1.89 bits per heavy atom. The average molecular weight is 825 g/mol. The summed E-state index contributed by atoms with van der Waals surface area (Å²) in [7, 11) is 0. The third kappa shape index (κ3) is 6.26. The largest absolute Gasteiger partial charge is 0.465 e. The zero-order valence-electron chi connectivity index (χ0n) is 24.1. The van der Waals surface area contributed by atoms with Crippen LogP contribution in [0, 0.1) is 22.7 Å². The minimum atomic E-state index is -2.05. The van der Waals surface area contributed by atoms with Crippen LogP contribution >= 0.6 is 78.3 Å². The summed E-state index contributed by atoms with van der Waals surface area (Å²) < 4.78 is 7.14. The average Bonchev–Trinajstić information content (AvgIpc) is 3.03. The summed E-state index contributed by atoms with van der Waals surface area (Å²) in [5.74, 6) is -5.03. The van der Waals surface area contributed by atoms with Gasteiger partial charge in [0.15, 0.2) is 11.2 Å². The highest BCUT2D eigenvalue weighted by Crippen LogP contribution is 2.64. The van der Waals surface area contributed by atoms with Crippen LogP contribution in [-0.2, 0) is 15.1 Å². The Morgan fingerprint density at radius 1 is 0.848 bits per heavy atom. The molecule has 236 valence electrons. The lowest BCUT2D eigenvalue weighted by Crippen LogP contribution is -2.59. The first-order valence-electron chi connectivity index (χ1n) is 14.1. The van der Waals surface area contributed by atoms with Gasteiger partial charge in [-0.25, -0.2) is 0 Å². The summed E-state index contributed by atoms with van der Waals surface area (Å²) >= 11 is 32.5. The molecule has 5 nitrogen and oxygen atoms in total. The maximum absolute atomic E-state index is 14.9. The van der Waals surface area contributed by atoms with Gasteiger partial charge in [-0.15, -0.1) is 0 Å². The van der Waals surface area contributed by atoms with E-state index in [1.54, 1.807) is 79.7 Å². The third-order valence-electron chi connectivity index (χ3n) is 8.61. The van der Waals surface area contributed by atoms with E-state index in [4.69, 9.17) is 51.1 Å². The predicted molar refractivity (Wildman–Crippen MR) is 188 cm³/mol. The van der Waals surface area contributed by atoms with Crippen LogP contribution in [0.1, 0.15) is 52.2 Å². The SMILES string of the molecule is CCOC(=O)[C@@]1(C#N)[C@H](c2ccc(Cl)c(Cl)c2)C[C@](O)(c2ccc(Br)cc2)[C@H](C(=O)c2ccc(Br)cc2)[C@@H]1c1ccc(Cl)c(Cl)c1. The molecule has 0 spiro atoms. The van der Waals surface area contributed by atoms with Crippen LogP contribution < -0.4 is 0 Å². The van der Waals surface area contributed by atoms with Crippen molar-refractivity contribution in [3.8, 4) is 6.07 Å². The molecule has 4 aromatic rings. The fourth-order valence-electron chi connectivity index (χ4n) is 6.54. The molecular weight excluding hydrogens is 800 g/mol. The number of rotatable bonds is 7. The number of halogens is 6. The van der Waals surface area contributed by atoms with Crippen LogP contribution in [0.5, 0.6) is 0 Å². The lowest BCUT2D eigenvalue weighted by molar-refractivity contribution is -0.164. The first-order chi connectivity index (χ1) is 21.9. The minimum absolute atomic E-state index is 0.0350. The van der Waals surface area contributed by atoms with E-state index in [-0.39, 0.29) is 38.7 Å². The number of benzene rings is 4. The number of carbonyl (C=O) groups is 2. The minimum Gasteiger partial charge on any atom is -0.465 e. The summed E-state index contributed by atoms with van der Waals surface area (Å²) in [5, 5.41) is 25.2. The van der Waals surface area contributed by atoms with Crippen molar-refractivity contribution >= 4 is 90.0 Å². The first kappa shape index (κ1) is 34.9. The van der Waals surface area contributed by atoms with Crippen LogP contribution in [0.3, 0.4) is 0 Å². The van der Waals surface area contributed by atoms with Crippen LogP contribution in [0.25, 0.3) is 0 Å². The number of hydrogen-bond donors (Lipinski definition) is 1. The Morgan fingerprint density at radius 2 is 1.37 bits per heavy atom. The van der Waals surface area contributed by atoms with Gasteiger partial charge in [-0.3, -0.25) is 9.59 Å². The number of esters is 1. The highest BCUT2D eigenvalue weighted by atomic mass is 79.9. The number of ether oxygens (including phenoxy) is 1. The molecule has 46 heavy (non-hydrogen) atoms. The number of ketones is 1. The van der Waals surface area contributed by atoms with Gasteiger partial charge >= 0.3 is 5.97 Å². The predicted octanol–water partition coefficient (Wildman–Crippen LogP) is 10.6. The van der Waals surface area contributed by atoms with Crippen LogP contribution in [0.2, 0.25) is 20.1 Å². The van der Waals surface area contributed by atoms with E-state index < -0.39 is 40.5 Å². The number of carbonyl (C=O) groups excluding carboxylic acids is 2. The molecule has 11 heteroatoms. The van der Waals surface area contributed by atoms with Crippen molar-refractivity contribution in [1.82, 2.24) is 0 Å². The molecule has 0 bridgehead atoms. The van der Waals surface area contributed by atoms with Gasteiger partial charge in [-0.1, -0.05) is 115 Å². The van der Waals surface area contributed by atoms with Crippen molar-refractivity contribution < 1.29 is 19.4 Å². The summed E-state index contributed by atoms with van der Waals surface area (Å²) in [4.78, 5) is 29.3. The standard InChI is InChI=1S/C35H25Br2Cl4NO4/c1-2-46-33(44)34(18-42)25(20-5-13-26(38)28(40)15-20)17-35(45,22-7-11-24(37)12-8-22)31(32(43)19-3-9-23(36)10-4-19)30(34)21-6-14-27(39)29(41)16-21/h3-16,25,30-31,45H,2,17H2,1H3/t25-,30-,31-,34-,35-/m0/s1. The van der Waals surface area contributed by atoms with Crippen molar-refractivity contribution in [2.75, 3.05) is 6.61 Å². The molecule has 5 rings (SSSR count). The zero-order chi connectivity index (χ0) is 33.4. The van der Waals surface area contributed by atoms with Gasteiger partial charge in [-0.05, 0) is 78.6 Å². The summed E-state index contributed by atoms with van der Waals surface area (Å²) in [6.45, 7) is 1.60. The highest BCUT2D eigenvalue weighted by Gasteiger charge is 2.67. The molecule has 4 aromatic carbocycles. The summed E-state index contributed by atoms with van der Waals surface area (Å²) in [6.07, 6.45) is -0.219. The summed E-state index contributed by atoms with van der Waals surface area (Å²) in [5.41, 5.74) is -2.49. The fraction of sp³-hybridized carbons (Fsp3) is 0.229. The molecule has 0 aromatic heterocycles. The normalized spacial score (nSPS) is 24.2. The number of hydrogen-bond acceptors (Lipinski definition) is 5. The molecule has 0 aliphatic heterocycles. The van der Waals surface area contributed by atoms with Crippen LogP contribution in [0.15, 0.2) is 93.9 Å². The maximum Gasteiger partial charge on any atom is 0.327 e. The second-order valence-electron chi connectivity index (χ2n) is 11.1. The van der Waals surface area contributed by atoms with Crippen LogP contribution in [0.4, 0.5) is 0 Å². The van der Waals surface area contributed by atoms with E-state index in [1.165, 1.54) is 12.1 Å². The molecule has 1 fully saturated rings. The van der Waals surface area contributed by atoms with E-state index in [2.05, 4.69) is 37.9 Å². The molecule has 0 heterocycles. The molecule has 5 atom stereocenters. The first-order valence-corrected chi connectivity index (χ1v) is 17.2. The third-order valence-corrected chi connectivity index (χ3v) is 11.1. The molecule has 1 aliphatic rings. The van der Waals surface area contributed by atoms with E-state index in [1.807, 2.05) is 0 Å². The van der Waals surface area contributed by atoms with Crippen molar-refractivity contribution in [3.05, 3.63) is 136 Å². The van der Waals surface area contributed by atoms with E-state index in [9.17, 15) is 20.0 Å². The molecule has 0 amide bonds. The lowest BCUT2D eigenvalue weighted by Gasteiger charge is -2.54. The van der Waals surface area contributed by atoms with Crippen molar-refractivity contribution in [2.24, 2.45) is 11.3 Å². The second kappa shape index (κ2) is 14.0. The second-order valence-corrected chi connectivity index (χ2v) is 14.5. The highest BCUT2D eigenvalue weighted by molar-refractivity contribution is 9.10. The topological polar surface area (TPSA) is 87.4 Å². The Labute approximate surface area is 303 Å². The van der Waals surface area contributed by atoms with Gasteiger partial charge in [-0.2, -0.15) is 5.26 Å². The number of nitrogens with zero attached hydrogens (tertiary/aromatic N) is 1. The molecular formula is C35H25Br2Cl4NO4. The van der Waals surface area contributed by atoms with Gasteiger partial charge in [0.2, 0.25) is 0 Å². The van der Waals surface area contributed by atoms with Crippen molar-refractivity contribution in [1.29, 1.82) is 5.26 Å². The van der Waals surface area contributed by atoms with E-state index in [0.29, 0.717) is 16.7 Å². The number of Topliss-reactive ketones (excluding diaryl/α,β-unsaturated/α-hetero) is 1. The van der Waals surface area contributed by atoms with Gasteiger partial charge in [0.05, 0.1) is 38.7 Å². The van der Waals surface area contributed by atoms with Crippen molar-refractivity contribution in [2.45, 2.75) is 30.8 Å². The fourth-order valence-corrected chi connectivity index (χ4v) is 7.68. The quantitative estimate of drug-likeness (QED) is 0.148. The van der Waals surface area contributed by atoms with E-state index in [0.717, 1.165) is 8.95 Å². The molecule has 1 saturated carbocycles. The maximum atomic E-state index is 14.9.